The normalized spacial score (nSPS) is 34.8. The highest BCUT2D eigenvalue weighted by molar-refractivity contribution is 4.76. The van der Waals surface area contributed by atoms with Gasteiger partial charge in [-0.25, -0.2) is 0 Å². The van der Waals surface area contributed by atoms with Crippen LogP contribution in [0.1, 0.15) is 6.92 Å². The molecule has 0 unspecified atom stereocenters. The Morgan fingerprint density at radius 2 is 1.85 bits per heavy atom. The van der Waals surface area contributed by atoms with E-state index < -0.39 is 0 Å². The molecule has 0 N–H and O–H groups in total. The Balaban J connectivity index is 2.28. The van der Waals surface area contributed by atoms with E-state index in [1.54, 1.807) is 14.2 Å². The lowest BCUT2D eigenvalue weighted by Gasteiger charge is -2.36. The summed E-state index contributed by atoms with van der Waals surface area (Å²) in [5.41, 5.74) is -0.0149. The number of rotatable bonds is 4. The molecule has 1 saturated heterocycles. The summed E-state index contributed by atoms with van der Waals surface area (Å²) in [7, 11) is 3.32. The predicted octanol–water partition coefficient (Wildman–Crippen LogP) is 0.658. The maximum absolute atomic E-state index is 5.46. The molecule has 4 heteroatoms. The van der Waals surface area contributed by atoms with Gasteiger partial charge in [0.2, 0.25) is 0 Å². The highest BCUT2D eigenvalue weighted by Gasteiger charge is 2.32. The second-order valence-corrected chi connectivity index (χ2v) is 3.75. The molecular weight excluding hydrogens is 172 g/mol. The maximum Gasteiger partial charge on any atom is 0.180 e. The van der Waals surface area contributed by atoms with Crippen molar-refractivity contribution in [2.24, 2.45) is 5.41 Å². The van der Waals surface area contributed by atoms with Crippen LogP contribution in [-0.2, 0) is 18.9 Å². The first-order valence-electron chi connectivity index (χ1n) is 4.41. The number of ether oxygens (including phenoxy) is 4. The minimum absolute atomic E-state index is 0.0149. The average Bonchev–Trinajstić information content (AvgIpc) is 2.10. The molecule has 4 nitrogen and oxygen atoms in total. The van der Waals surface area contributed by atoms with Gasteiger partial charge < -0.3 is 18.9 Å². The van der Waals surface area contributed by atoms with Crippen LogP contribution in [0.4, 0.5) is 0 Å². The third-order valence-electron chi connectivity index (χ3n) is 2.03. The highest BCUT2D eigenvalue weighted by atomic mass is 16.7. The summed E-state index contributed by atoms with van der Waals surface area (Å²) in [5.74, 6) is 0. The zero-order valence-corrected chi connectivity index (χ0v) is 8.54. The van der Waals surface area contributed by atoms with Gasteiger partial charge >= 0.3 is 0 Å². The molecule has 0 amide bonds. The van der Waals surface area contributed by atoms with Gasteiger partial charge in [-0.2, -0.15) is 0 Å². The number of methoxy groups -OCH3 is 2. The Morgan fingerprint density at radius 3 is 2.31 bits per heavy atom. The Kier molecular flexibility index (Phi) is 4.12. The molecule has 78 valence electrons. The molecule has 0 spiro atoms. The van der Waals surface area contributed by atoms with Crippen LogP contribution in [0.5, 0.6) is 0 Å². The van der Waals surface area contributed by atoms with E-state index in [0.717, 1.165) is 0 Å². The number of hydrogen-bond acceptors (Lipinski definition) is 4. The first-order valence-corrected chi connectivity index (χ1v) is 4.41. The van der Waals surface area contributed by atoms with Crippen LogP contribution in [0.3, 0.4) is 0 Å². The molecule has 0 aromatic rings. The van der Waals surface area contributed by atoms with Crippen molar-refractivity contribution < 1.29 is 18.9 Å². The minimum atomic E-state index is -0.213. The van der Waals surface area contributed by atoms with Crippen molar-refractivity contribution in [3.63, 3.8) is 0 Å². The fourth-order valence-corrected chi connectivity index (χ4v) is 1.34. The van der Waals surface area contributed by atoms with Gasteiger partial charge in [0.05, 0.1) is 26.4 Å². The SMILES string of the molecule is COCC1OCC(C)(COC)CO1. The van der Waals surface area contributed by atoms with Gasteiger partial charge in [-0.15, -0.1) is 0 Å². The molecule has 0 aromatic carbocycles. The Bertz CT molecular complexity index is 141. The zero-order chi connectivity index (χ0) is 9.73. The summed E-state index contributed by atoms with van der Waals surface area (Å²) in [6, 6.07) is 0. The Hall–Kier alpha value is -0.160. The third kappa shape index (κ3) is 3.23. The van der Waals surface area contributed by atoms with E-state index in [2.05, 4.69) is 6.92 Å². The van der Waals surface area contributed by atoms with Crippen molar-refractivity contribution in [2.75, 3.05) is 40.6 Å². The lowest BCUT2D eigenvalue weighted by molar-refractivity contribution is -0.247. The van der Waals surface area contributed by atoms with Gasteiger partial charge in [-0.05, 0) is 0 Å². The summed E-state index contributed by atoms with van der Waals surface area (Å²) in [5, 5.41) is 0. The monoisotopic (exact) mass is 190 g/mol. The summed E-state index contributed by atoms with van der Waals surface area (Å²) in [4.78, 5) is 0. The van der Waals surface area contributed by atoms with Crippen molar-refractivity contribution in [1.29, 1.82) is 0 Å². The van der Waals surface area contributed by atoms with E-state index in [1.165, 1.54) is 0 Å². The molecule has 0 saturated carbocycles. The van der Waals surface area contributed by atoms with Gasteiger partial charge in [0.25, 0.3) is 0 Å². The molecule has 0 atom stereocenters. The van der Waals surface area contributed by atoms with Crippen molar-refractivity contribution in [3.8, 4) is 0 Å². The molecule has 1 aliphatic heterocycles. The lowest BCUT2D eigenvalue weighted by Crippen LogP contribution is -2.43. The Morgan fingerprint density at radius 1 is 1.23 bits per heavy atom. The summed E-state index contributed by atoms with van der Waals surface area (Å²) < 4.78 is 20.9. The van der Waals surface area contributed by atoms with Crippen LogP contribution in [0.2, 0.25) is 0 Å². The second-order valence-electron chi connectivity index (χ2n) is 3.75. The molecule has 13 heavy (non-hydrogen) atoms. The van der Waals surface area contributed by atoms with Crippen LogP contribution < -0.4 is 0 Å². The number of hydrogen-bond donors (Lipinski definition) is 0. The van der Waals surface area contributed by atoms with E-state index >= 15 is 0 Å². The largest absolute Gasteiger partial charge is 0.384 e. The molecule has 1 heterocycles. The van der Waals surface area contributed by atoms with Gasteiger partial charge in [0.15, 0.2) is 6.29 Å². The first kappa shape index (κ1) is 10.9. The van der Waals surface area contributed by atoms with E-state index in [4.69, 9.17) is 18.9 Å². The zero-order valence-electron chi connectivity index (χ0n) is 8.54. The predicted molar refractivity (Wildman–Crippen MR) is 47.6 cm³/mol. The molecule has 1 rings (SSSR count). The second kappa shape index (κ2) is 4.91. The van der Waals surface area contributed by atoms with Crippen molar-refractivity contribution >= 4 is 0 Å². The summed E-state index contributed by atoms with van der Waals surface area (Å²) in [6.45, 7) is 4.55. The van der Waals surface area contributed by atoms with Crippen LogP contribution in [0, 0.1) is 5.41 Å². The molecule has 0 radical (unpaired) electrons. The van der Waals surface area contributed by atoms with E-state index in [9.17, 15) is 0 Å². The molecule has 1 fully saturated rings. The van der Waals surface area contributed by atoms with Gasteiger partial charge in [0.1, 0.15) is 0 Å². The maximum atomic E-state index is 5.46. The fraction of sp³-hybridized carbons (Fsp3) is 1.00. The quantitative estimate of drug-likeness (QED) is 0.652. The van der Waals surface area contributed by atoms with Crippen molar-refractivity contribution in [3.05, 3.63) is 0 Å². The topological polar surface area (TPSA) is 36.9 Å². The highest BCUT2D eigenvalue weighted by Crippen LogP contribution is 2.24. The van der Waals surface area contributed by atoms with Gasteiger partial charge in [-0.3, -0.25) is 0 Å². The first-order chi connectivity index (χ1) is 6.20. The summed E-state index contributed by atoms with van der Waals surface area (Å²) >= 11 is 0. The average molecular weight is 190 g/mol. The van der Waals surface area contributed by atoms with Crippen molar-refractivity contribution in [1.82, 2.24) is 0 Å². The minimum Gasteiger partial charge on any atom is -0.384 e. The van der Waals surface area contributed by atoms with E-state index in [0.29, 0.717) is 26.4 Å². The fourth-order valence-electron chi connectivity index (χ4n) is 1.34. The van der Waals surface area contributed by atoms with Crippen molar-refractivity contribution in [2.45, 2.75) is 13.2 Å². The van der Waals surface area contributed by atoms with Crippen LogP contribution in [0.15, 0.2) is 0 Å². The van der Waals surface area contributed by atoms with Crippen LogP contribution >= 0.6 is 0 Å². The van der Waals surface area contributed by atoms with E-state index in [-0.39, 0.29) is 11.7 Å². The standard InChI is InChI=1S/C9H18O4/c1-9(5-11-3)6-12-8(4-10-2)13-7-9/h8H,4-7H2,1-3H3. The molecule has 0 aromatic heterocycles. The van der Waals surface area contributed by atoms with Crippen LogP contribution in [-0.4, -0.2) is 46.9 Å². The van der Waals surface area contributed by atoms with Crippen LogP contribution in [0.25, 0.3) is 0 Å². The van der Waals surface area contributed by atoms with E-state index in [1.807, 2.05) is 0 Å². The lowest BCUT2D eigenvalue weighted by atomic mass is 9.93. The molecule has 0 aliphatic carbocycles. The van der Waals surface area contributed by atoms with Gasteiger partial charge in [-0.1, -0.05) is 6.92 Å². The molecular formula is C9H18O4. The van der Waals surface area contributed by atoms with Gasteiger partial charge in [0, 0.05) is 19.6 Å². The molecule has 0 bridgehead atoms. The smallest absolute Gasteiger partial charge is 0.180 e. The molecule has 1 aliphatic rings. The third-order valence-corrected chi connectivity index (χ3v) is 2.03. The Labute approximate surface area is 79.1 Å². The summed E-state index contributed by atoms with van der Waals surface area (Å²) in [6.07, 6.45) is -0.213.